The first-order chi connectivity index (χ1) is 10.1. The van der Waals surface area contributed by atoms with Gasteiger partial charge in [0.15, 0.2) is 0 Å². The third-order valence-corrected chi connectivity index (χ3v) is 2.61. The molecule has 0 saturated carbocycles. The Hall–Kier alpha value is -2.42. The number of carbonyl (C=O) groups is 1. The summed E-state index contributed by atoms with van der Waals surface area (Å²) in [6, 6.07) is 16.4. The summed E-state index contributed by atoms with van der Waals surface area (Å²) in [6.45, 7) is 6.23. The molecular weight excluding hydrogens is 260 g/mol. The van der Waals surface area contributed by atoms with Gasteiger partial charge in [0.25, 0.3) is 5.91 Å². The second kappa shape index (κ2) is 8.69. The molecule has 3 nitrogen and oxygen atoms in total. The van der Waals surface area contributed by atoms with E-state index in [1.165, 1.54) is 6.42 Å². The van der Waals surface area contributed by atoms with E-state index in [0.717, 1.165) is 5.56 Å². The van der Waals surface area contributed by atoms with Crippen LogP contribution >= 0.6 is 0 Å². The summed E-state index contributed by atoms with van der Waals surface area (Å²) in [7, 11) is 0. The van der Waals surface area contributed by atoms with E-state index >= 15 is 0 Å². The number of nitrogens with one attached hydrogen (secondary N) is 2. The van der Waals surface area contributed by atoms with E-state index in [4.69, 9.17) is 5.41 Å². The average Bonchev–Trinajstić information content (AvgIpc) is 2.49. The molecule has 21 heavy (non-hydrogen) atoms. The van der Waals surface area contributed by atoms with Crippen LogP contribution in [0.1, 0.15) is 41.8 Å². The fraction of sp³-hybridized carbons (Fsp3) is 0.222. The summed E-state index contributed by atoms with van der Waals surface area (Å²) in [6.07, 6.45) is 1.25. The molecule has 0 aromatic heterocycles. The van der Waals surface area contributed by atoms with Crippen LogP contribution in [0.4, 0.5) is 0 Å². The van der Waals surface area contributed by atoms with Crippen molar-refractivity contribution in [1.29, 1.82) is 5.41 Å². The molecule has 2 aromatic carbocycles. The van der Waals surface area contributed by atoms with E-state index in [1.54, 1.807) is 24.3 Å². The quantitative estimate of drug-likeness (QED) is 0.630. The molecule has 1 amide bonds. The lowest BCUT2D eigenvalue weighted by Gasteiger charge is -2.07. The fourth-order valence-electron chi connectivity index (χ4n) is 1.57. The van der Waals surface area contributed by atoms with Gasteiger partial charge in [-0.25, -0.2) is 0 Å². The molecule has 0 aliphatic rings. The van der Waals surface area contributed by atoms with Crippen LogP contribution in [0.25, 0.3) is 0 Å². The van der Waals surface area contributed by atoms with Crippen LogP contribution in [-0.2, 0) is 0 Å². The highest BCUT2D eigenvalue weighted by Gasteiger charge is 2.08. The van der Waals surface area contributed by atoms with Gasteiger partial charge in [0.2, 0.25) is 0 Å². The van der Waals surface area contributed by atoms with Crippen molar-refractivity contribution in [3.8, 4) is 0 Å². The van der Waals surface area contributed by atoms with Gasteiger partial charge >= 0.3 is 0 Å². The maximum Gasteiger partial charge on any atom is 0.256 e. The van der Waals surface area contributed by atoms with Gasteiger partial charge in [-0.1, -0.05) is 68.3 Å². The van der Waals surface area contributed by atoms with Crippen LogP contribution in [0, 0.1) is 12.3 Å². The molecule has 0 heterocycles. The largest absolute Gasteiger partial charge is 0.307 e. The molecule has 0 fully saturated rings. The van der Waals surface area contributed by atoms with Crippen molar-refractivity contribution >= 4 is 11.7 Å². The Morgan fingerprint density at radius 3 is 2.00 bits per heavy atom. The lowest BCUT2D eigenvalue weighted by atomic mass is 10.1. The standard InChI is InChI=1S/C15H14N2O.C3H8/c1-11-7-9-12(10-8-11)14(16)17-15(18)13-5-3-2-4-6-13;1-3-2/h2-10H,1H3,(H2,16,17,18);3H2,1-2H3. The lowest BCUT2D eigenvalue weighted by molar-refractivity contribution is 0.0977. The Labute approximate surface area is 126 Å². The Kier molecular flexibility index (Phi) is 6.88. The second-order valence-electron chi connectivity index (χ2n) is 4.77. The highest BCUT2D eigenvalue weighted by molar-refractivity contribution is 6.11. The van der Waals surface area contributed by atoms with Crippen molar-refractivity contribution in [2.45, 2.75) is 27.2 Å². The van der Waals surface area contributed by atoms with Gasteiger partial charge in [-0.2, -0.15) is 0 Å². The highest BCUT2D eigenvalue weighted by Crippen LogP contribution is 2.04. The monoisotopic (exact) mass is 282 g/mol. The minimum Gasteiger partial charge on any atom is -0.307 e. The highest BCUT2D eigenvalue weighted by atomic mass is 16.1. The summed E-state index contributed by atoms with van der Waals surface area (Å²) < 4.78 is 0. The van der Waals surface area contributed by atoms with E-state index in [2.05, 4.69) is 19.2 Å². The molecule has 0 unspecified atom stereocenters. The molecule has 0 radical (unpaired) electrons. The van der Waals surface area contributed by atoms with Crippen LogP contribution in [0.5, 0.6) is 0 Å². The van der Waals surface area contributed by atoms with E-state index in [0.29, 0.717) is 11.1 Å². The third kappa shape index (κ3) is 5.61. The molecular formula is C18H22N2O. The summed E-state index contributed by atoms with van der Waals surface area (Å²) in [4.78, 5) is 11.8. The predicted octanol–water partition coefficient (Wildman–Crippen LogP) is 4.17. The number of carbonyl (C=O) groups excluding carboxylic acids is 1. The average molecular weight is 282 g/mol. The van der Waals surface area contributed by atoms with Crippen LogP contribution in [0.3, 0.4) is 0 Å². The minimum atomic E-state index is -0.263. The molecule has 0 saturated heterocycles. The number of rotatable bonds is 2. The first kappa shape index (κ1) is 16.6. The van der Waals surface area contributed by atoms with E-state index in [-0.39, 0.29) is 11.7 Å². The third-order valence-electron chi connectivity index (χ3n) is 2.61. The molecule has 2 N–H and O–H groups in total. The van der Waals surface area contributed by atoms with Gasteiger partial charge in [-0.15, -0.1) is 0 Å². The Balaban J connectivity index is 0.000000677. The van der Waals surface area contributed by atoms with Gasteiger partial charge in [0.1, 0.15) is 5.84 Å². The van der Waals surface area contributed by atoms with Crippen LogP contribution < -0.4 is 5.32 Å². The van der Waals surface area contributed by atoms with Crippen molar-refractivity contribution in [3.63, 3.8) is 0 Å². The fourth-order valence-corrected chi connectivity index (χ4v) is 1.57. The summed E-state index contributed by atoms with van der Waals surface area (Å²) in [5, 5.41) is 10.4. The van der Waals surface area contributed by atoms with Crippen LogP contribution in [0.15, 0.2) is 54.6 Å². The molecule has 110 valence electrons. The number of aryl methyl sites for hydroxylation is 1. The van der Waals surface area contributed by atoms with Crippen LogP contribution in [-0.4, -0.2) is 11.7 Å². The van der Waals surface area contributed by atoms with E-state index < -0.39 is 0 Å². The Morgan fingerprint density at radius 2 is 1.48 bits per heavy atom. The van der Waals surface area contributed by atoms with Crippen LogP contribution in [0.2, 0.25) is 0 Å². The SMILES string of the molecule is CCC.Cc1ccc(C(=N)NC(=O)c2ccccc2)cc1. The predicted molar refractivity (Wildman–Crippen MR) is 87.9 cm³/mol. The maximum atomic E-state index is 11.8. The maximum absolute atomic E-state index is 11.8. The van der Waals surface area contributed by atoms with Gasteiger partial charge in [-0.05, 0) is 19.1 Å². The molecule has 2 aromatic rings. The molecule has 2 rings (SSSR count). The number of benzene rings is 2. The molecule has 0 atom stereocenters. The summed E-state index contributed by atoms with van der Waals surface area (Å²) in [5.74, 6) is -0.148. The second-order valence-corrected chi connectivity index (χ2v) is 4.77. The first-order valence-corrected chi connectivity index (χ1v) is 7.10. The minimum absolute atomic E-state index is 0.115. The van der Waals surface area contributed by atoms with Gasteiger partial charge in [0.05, 0.1) is 0 Å². The molecule has 0 aliphatic heterocycles. The number of hydrogen-bond acceptors (Lipinski definition) is 2. The molecule has 3 heteroatoms. The summed E-state index contributed by atoms with van der Waals surface area (Å²) in [5.41, 5.74) is 2.38. The normalized spacial score (nSPS) is 9.29. The Bertz CT molecular complexity index is 574. The Morgan fingerprint density at radius 1 is 0.952 bits per heavy atom. The zero-order valence-electron chi connectivity index (χ0n) is 12.8. The lowest BCUT2D eigenvalue weighted by Crippen LogP contribution is -2.30. The number of amides is 1. The van der Waals surface area contributed by atoms with Gasteiger partial charge in [-0.3, -0.25) is 10.2 Å². The molecule has 0 bridgehead atoms. The molecule has 0 spiro atoms. The van der Waals surface area contributed by atoms with Crippen molar-refractivity contribution in [2.24, 2.45) is 0 Å². The van der Waals surface area contributed by atoms with Crippen molar-refractivity contribution < 1.29 is 4.79 Å². The smallest absolute Gasteiger partial charge is 0.256 e. The zero-order valence-corrected chi connectivity index (χ0v) is 12.8. The van der Waals surface area contributed by atoms with E-state index in [9.17, 15) is 4.79 Å². The zero-order chi connectivity index (χ0) is 15.7. The number of amidine groups is 1. The van der Waals surface area contributed by atoms with E-state index in [1.807, 2.05) is 37.3 Å². The number of hydrogen-bond donors (Lipinski definition) is 2. The van der Waals surface area contributed by atoms with Crippen molar-refractivity contribution in [1.82, 2.24) is 5.32 Å². The topological polar surface area (TPSA) is 53.0 Å². The first-order valence-electron chi connectivity index (χ1n) is 7.10. The van der Waals surface area contributed by atoms with Gasteiger partial charge in [0, 0.05) is 11.1 Å². The van der Waals surface area contributed by atoms with Crippen molar-refractivity contribution in [3.05, 3.63) is 71.3 Å². The summed E-state index contributed by atoms with van der Waals surface area (Å²) >= 11 is 0. The van der Waals surface area contributed by atoms with Gasteiger partial charge < -0.3 is 5.32 Å². The van der Waals surface area contributed by atoms with Crippen molar-refractivity contribution in [2.75, 3.05) is 0 Å². The molecule has 0 aliphatic carbocycles.